The van der Waals surface area contributed by atoms with Crippen molar-refractivity contribution in [2.45, 2.75) is 219 Å². The van der Waals surface area contributed by atoms with E-state index in [1.807, 2.05) is 0 Å². The molecule has 0 aromatic carbocycles. The van der Waals surface area contributed by atoms with Gasteiger partial charge in [-0.15, -0.1) is 0 Å². The third-order valence-corrected chi connectivity index (χ3v) is 10.2. The average molecular weight is 731 g/mol. The standard InChI is InChI=1S/C41H79O8P/c1-4-6-8-10-12-14-16-17-18-19-20-21-22-23-24-26-27-29-31-33-35-40(42)47-37-39(38-48-50(44,45)46-3)49-41(43)36-34-32-30-28-25-15-13-11-9-7-5-2/h11,13,39H,4-10,12,14-38H2,1-3H3,(H,44,45)/b13-11-. The second kappa shape index (κ2) is 37.5. The minimum absolute atomic E-state index is 0.223. The van der Waals surface area contributed by atoms with Crippen molar-refractivity contribution in [1.29, 1.82) is 0 Å². The Kier molecular flexibility index (Phi) is 36.6. The second-order valence-corrected chi connectivity index (χ2v) is 15.7. The van der Waals surface area contributed by atoms with Crippen LogP contribution in [0.4, 0.5) is 0 Å². The number of carbonyl (C=O) groups is 2. The molecular formula is C41H79O8P. The highest BCUT2D eigenvalue weighted by molar-refractivity contribution is 7.47. The zero-order chi connectivity index (χ0) is 36.8. The molecule has 0 saturated carbocycles. The molecule has 2 atom stereocenters. The summed E-state index contributed by atoms with van der Waals surface area (Å²) in [5.41, 5.74) is 0. The molecule has 0 aliphatic carbocycles. The molecule has 2 unspecified atom stereocenters. The molecule has 0 aromatic rings. The molecule has 9 heteroatoms. The van der Waals surface area contributed by atoms with Crippen molar-refractivity contribution in [1.82, 2.24) is 0 Å². The maximum atomic E-state index is 12.4. The van der Waals surface area contributed by atoms with Crippen molar-refractivity contribution >= 4 is 19.8 Å². The number of phosphoric acid groups is 1. The number of rotatable bonds is 39. The minimum atomic E-state index is -4.25. The number of phosphoric ester groups is 1. The number of esters is 2. The molecule has 0 spiro atoms. The Morgan fingerprint density at radius 3 is 1.36 bits per heavy atom. The highest BCUT2D eigenvalue weighted by atomic mass is 31.2. The number of allylic oxidation sites excluding steroid dienone is 2. The van der Waals surface area contributed by atoms with Crippen molar-refractivity contribution in [2.75, 3.05) is 20.3 Å². The predicted molar refractivity (Wildman–Crippen MR) is 207 cm³/mol. The molecular weight excluding hydrogens is 651 g/mol. The zero-order valence-electron chi connectivity index (χ0n) is 32.8. The summed E-state index contributed by atoms with van der Waals surface area (Å²) in [7, 11) is -3.19. The van der Waals surface area contributed by atoms with Gasteiger partial charge in [-0.2, -0.15) is 0 Å². The van der Waals surface area contributed by atoms with Crippen LogP contribution in [0.3, 0.4) is 0 Å². The molecule has 0 fully saturated rings. The summed E-state index contributed by atoms with van der Waals surface area (Å²) in [4.78, 5) is 34.3. The van der Waals surface area contributed by atoms with Crippen LogP contribution in [0.1, 0.15) is 213 Å². The van der Waals surface area contributed by atoms with E-state index in [-0.39, 0.29) is 19.0 Å². The first kappa shape index (κ1) is 48.8. The maximum Gasteiger partial charge on any atom is 0.472 e. The lowest BCUT2D eigenvalue weighted by Gasteiger charge is -2.19. The van der Waals surface area contributed by atoms with Gasteiger partial charge < -0.3 is 14.4 Å². The van der Waals surface area contributed by atoms with Gasteiger partial charge >= 0.3 is 19.8 Å². The largest absolute Gasteiger partial charge is 0.472 e. The highest BCUT2D eigenvalue weighted by Crippen LogP contribution is 2.42. The van der Waals surface area contributed by atoms with Crippen LogP contribution in [-0.2, 0) is 32.7 Å². The van der Waals surface area contributed by atoms with Gasteiger partial charge in [0.05, 0.1) is 6.61 Å². The van der Waals surface area contributed by atoms with E-state index in [0.29, 0.717) is 12.8 Å². The number of ether oxygens (including phenoxy) is 2. The maximum absolute atomic E-state index is 12.4. The SMILES string of the molecule is CCCC/C=C\CCCCCCCC(=O)OC(COC(=O)CCCCCCCCCCCCCCCCCCCCCC)COP(=O)(O)OC. The van der Waals surface area contributed by atoms with E-state index in [4.69, 9.17) is 14.0 Å². The molecule has 0 heterocycles. The molecule has 0 aliphatic rings. The summed E-state index contributed by atoms with van der Waals surface area (Å²) in [6.07, 6.45) is 39.9. The van der Waals surface area contributed by atoms with Gasteiger partial charge in [0.15, 0.2) is 6.10 Å². The first-order valence-corrected chi connectivity index (χ1v) is 22.4. The lowest BCUT2D eigenvalue weighted by Crippen LogP contribution is -2.29. The van der Waals surface area contributed by atoms with Gasteiger partial charge in [-0.1, -0.05) is 180 Å². The Hall–Kier alpha value is -1.21. The highest BCUT2D eigenvalue weighted by Gasteiger charge is 2.24. The Morgan fingerprint density at radius 2 is 0.920 bits per heavy atom. The van der Waals surface area contributed by atoms with Crippen molar-refractivity contribution in [3.05, 3.63) is 12.2 Å². The Bertz CT molecular complexity index is 833. The van der Waals surface area contributed by atoms with Crippen LogP contribution in [0.5, 0.6) is 0 Å². The zero-order valence-corrected chi connectivity index (χ0v) is 33.7. The summed E-state index contributed by atoms with van der Waals surface area (Å²) in [5, 5.41) is 0. The molecule has 0 bridgehead atoms. The molecule has 296 valence electrons. The molecule has 1 N–H and O–H groups in total. The predicted octanol–water partition coefficient (Wildman–Crippen LogP) is 12.9. The number of hydrogen-bond acceptors (Lipinski definition) is 7. The Balaban J connectivity index is 3.90. The van der Waals surface area contributed by atoms with Gasteiger partial charge in [0.25, 0.3) is 0 Å². The lowest BCUT2D eigenvalue weighted by atomic mass is 10.0. The van der Waals surface area contributed by atoms with Gasteiger partial charge in [-0.25, -0.2) is 4.57 Å². The summed E-state index contributed by atoms with van der Waals surface area (Å²) in [6, 6.07) is 0. The lowest BCUT2D eigenvalue weighted by molar-refractivity contribution is -0.161. The van der Waals surface area contributed by atoms with E-state index < -0.39 is 26.5 Å². The van der Waals surface area contributed by atoms with Crippen molar-refractivity contribution in [3.8, 4) is 0 Å². The normalized spacial score (nSPS) is 13.4. The second-order valence-electron chi connectivity index (χ2n) is 14.1. The summed E-state index contributed by atoms with van der Waals surface area (Å²) < 4.78 is 31.9. The molecule has 50 heavy (non-hydrogen) atoms. The Labute approximate surface area is 308 Å². The van der Waals surface area contributed by atoms with E-state index >= 15 is 0 Å². The molecule has 0 rings (SSSR count). The van der Waals surface area contributed by atoms with Gasteiger partial charge in [-0.05, 0) is 32.1 Å². The van der Waals surface area contributed by atoms with Gasteiger partial charge in [-0.3, -0.25) is 18.6 Å². The van der Waals surface area contributed by atoms with Crippen LogP contribution in [0, 0.1) is 0 Å². The number of hydrogen-bond donors (Lipinski definition) is 1. The quantitative estimate of drug-likeness (QED) is 0.0288. The smallest absolute Gasteiger partial charge is 0.462 e. The van der Waals surface area contributed by atoms with E-state index in [2.05, 4.69) is 30.5 Å². The molecule has 0 aliphatic heterocycles. The van der Waals surface area contributed by atoms with Crippen molar-refractivity contribution in [3.63, 3.8) is 0 Å². The van der Waals surface area contributed by atoms with Gasteiger partial charge in [0, 0.05) is 20.0 Å². The topological polar surface area (TPSA) is 108 Å². The summed E-state index contributed by atoms with van der Waals surface area (Å²) in [6.45, 7) is 3.86. The van der Waals surface area contributed by atoms with Crippen LogP contribution in [-0.4, -0.2) is 43.3 Å². The van der Waals surface area contributed by atoms with Crippen LogP contribution >= 0.6 is 7.82 Å². The fourth-order valence-electron chi connectivity index (χ4n) is 5.99. The van der Waals surface area contributed by atoms with E-state index in [0.717, 1.165) is 64.9 Å². The average Bonchev–Trinajstić information content (AvgIpc) is 3.10. The monoisotopic (exact) mass is 731 g/mol. The minimum Gasteiger partial charge on any atom is -0.462 e. The van der Waals surface area contributed by atoms with Crippen LogP contribution in [0.2, 0.25) is 0 Å². The number of carbonyl (C=O) groups excluding carboxylic acids is 2. The van der Waals surface area contributed by atoms with Crippen LogP contribution in [0.25, 0.3) is 0 Å². The number of unbranched alkanes of at least 4 members (excludes halogenated alkanes) is 26. The van der Waals surface area contributed by atoms with Crippen LogP contribution < -0.4 is 0 Å². The van der Waals surface area contributed by atoms with Crippen LogP contribution in [0.15, 0.2) is 12.2 Å². The third kappa shape index (κ3) is 36.6. The fourth-order valence-corrected chi connectivity index (χ4v) is 6.45. The molecule has 0 saturated heterocycles. The van der Waals surface area contributed by atoms with Gasteiger partial charge in [0.1, 0.15) is 6.61 Å². The van der Waals surface area contributed by atoms with E-state index in [1.165, 1.54) is 122 Å². The van der Waals surface area contributed by atoms with Crippen molar-refractivity contribution < 1.29 is 37.6 Å². The summed E-state index contributed by atoms with van der Waals surface area (Å²) >= 11 is 0. The van der Waals surface area contributed by atoms with E-state index in [9.17, 15) is 19.0 Å². The molecule has 0 amide bonds. The third-order valence-electron chi connectivity index (χ3n) is 9.26. The molecule has 0 radical (unpaired) electrons. The van der Waals surface area contributed by atoms with Crippen molar-refractivity contribution in [2.24, 2.45) is 0 Å². The molecule has 0 aromatic heterocycles. The first-order chi connectivity index (χ1) is 24.3. The first-order valence-electron chi connectivity index (χ1n) is 20.9. The summed E-state index contributed by atoms with van der Waals surface area (Å²) in [5.74, 6) is -0.805. The molecule has 8 nitrogen and oxygen atoms in total. The van der Waals surface area contributed by atoms with Gasteiger partial charge in [0.2, 0.25) is 0 Å². The van der Waals surface area contributed by atoms with E-state index in [1.54, 1.807) is 0 Å². The fraction of sp³-hybridized carbons (Fsp3) is 0.902. The Morgan fingerprint density at radius 1 is 0.540 bits per heavy atom.